The van der Waals surface area contributed by atoms with Gasteiger partial charge < -0.3 is 14.8 Å². The second-order valence-electron chi connectivity index (χ2n) is 2.87. The molecule has 0 saturated carbocycles. The molecule has 0 aliphatic heterocycles. The molecule has 0 unspecified atom stereocenters. The zero-order valence-electron chi connectivity index (χ0n) is 7.90. The van der Waals surface area contributed by atoms with Crippen LogP contribution in [-0.2, 0) is 0 Å². The summed E-state index contributed by atoms with van der Waals surface area (Å²) < 4.78 is 18.3. The van der Waals surface area contributed by atoms with Crippen LogP contribution >= 0.6 is 0 Å². The first kappa shape index (κ1) is 11.0. The molecule has 0 aromatic heterocycles. The summed E-state index contributed by atoms with van der Waals surface area (Å²) in [4.78, 5) is 0. The van der Waals surface area contributed by atoms with Gasteiger partial charge in [0.25, 0.3) is 0 Å². The highest BCUT2D eigenvalue weighted by Gasteiger charge is 2.21. The second-order valence-corrected chi connectivity index (χ2v) is 2.87. The van der Waals surface area contributed by atoms with Crippen molar-refractivity contribution in [2.45, 2.75) is 13.3 Å². The molecule has 0 aliphatic rings. The summed E-state index contributed by atoms with van der Waals surface area (Å²) in [6, 6.07) is 4.13. The van der Waals surface area contributed by atoms with Crippen molar-refractivity contribution in [2.75, 3.05) is 6.61 Å². The maximum absolute atomic E-state index is 13.1. The van der Waals surface area contributed by atoms with Crippen molar-refractivity contribution in [3.8, 4) is 5.75 Å². The average molecular weight is 198 g/mol. The Bertz CT molecular complexity index is 304. The van der Waals surface area contributed by atoms with E-state index in [1.165, 1.54) is 12.1 Å². The molecule has 0 bridgehead atoms. The van der Waals surface area contributed by atoms with Crippen molar-refractivity contribution < 1.29 is 19.2 Å². The molecule has 3 nitrogen and oxygen atoms in total. The minimum atomic E-state index is -1.84. The van der Waals surface area contributed by atoms with Gasteiger partial charge >= 0.3 is 7.12 Å². The van der Waals surface area contributed by atoms with Crippen molar-refractivity contribution in [2.24, 2.45) is 0 Å². The molecule has 0 amide bonds. The largest absolute Gasteiger partial charge is 0.495 e. The lowest BCUT2D eigenvalue weighted by molar-refractivity contribution is 0.316. The number of hydrogen-bond acceptors (Lipinski definition) is 3. The Labute approximate surface area is 82.3 Å². The lowest BCUT2D eigenvalue weighted by atomic mass is 9.79. The van der Waals surface area contributed by atoms with Crippen molar-refractivity contribution in [3.63, 3.8) is 0 Å². The van der Waals surface area contributed by atoms with E-state index in [1.54, 1.807) is 0 Å². The van der Waals surface area contributed by atoms with Gasteiger partial charge in [0.05, 0.1) is 12.1 Å². The second kappa shape index (κ2) is 4.98. The molecule has 0 spiro atoms. The normalized spacial score (nSPS) is 10.0. The Morgan fingerprint density at radius 2 is 2.14 bits per heavy atom. The Hall–Kier alpha value is -1.07. The van der Waals surface area contributed by atoms with Gasteiger partial charge in [0.1, 0.15) is 11.6 Å². The van der Waals surface area contributed by atoms with Crippen molar-refractivity contribution >= 4 is 12.6 Å². The molecule has 1 aromatic carbocycles. The summed E-state index contributed by atoms with van der Waals surface area (Å²) in [5, 5.41) is 17.8. The monoisotopic (exact) mass is 198 g/mol. The molecule has 0 heterocycles. The van der Waals surface area contributed by atoms with E-state index in [9.17, 15) is 4.39 Å². The third-order valence-corrected chi connectivity index (χ3v) is 1.73. The van der Waals surface area contributed by atoms with Crippen LogP contribution in [0.4, 0.5) is 4.39 Å². The molecular formula is C9H12BFO3. The first-order chi connectivity index (χ1) is 6.66. The number of hydrogen-bond donors (Lipinski definition) is 2. The Balaban J connectivity index is 2.96. The van der Waals surface area contributed by atoms with Crippen molar-refractivity contribution in [3.05, 3.63) is 24.0 Å². The van der Waals surface area contributed by atoms with Gasteiger partial charge in [0, 0.05) is 0 Å². The smallest absolute Gasteiger partial charge is 0.494 e. The fourth-order valence-corrected chi connectivity index (χ4v) is 1.11. The number of ether oxygens (including phenoxy) is 1. The third kappa shape index (κ3) is 2.46. The number of benzene rings is 1. The molecule has 0 radical (unpaired) electrons. The zero-order valence-corrected chi connectivity index (χ0v) is 7.90. The van der Waals surface area contributed by atoms with Gasteiger partial charge in [-0.2, -0.15) is 0 Å². The van der Waals surface area contributed by atoms with Gasteiger partial charge in [-0.3, -0.25) is 0 Å². The topological polar surface area (TPSA) is 49.7 Å². The van der Waals surface area contributed by atoms with Crippen LogP contribution in [0.1, 0.15) is 13.3 Å². The molecule has 0 aliphatic carbocycles. The minimum absolute atomic E-state index is 0.182. The van der Waals surface area contributed by atoms with Crippen LogP contribution in [0, 0.1) is 5.82 Å². The van der Waals surface area contributed by atoms with E-state index in [1.807, 2.05) is 6.92 Å². The first-order valence-electron chi connectivity index (χ1n) is 4.44. The molecule has 1 rings (SSSR count). The van der Waals surface area contributed by atoms with E-state index >= 15 is 0 Å². The van der Waals surface area contributed by atoms with Crippen LogP contribution in [0.15, 0.2) is 18.2 Å². The molecule has 5 heteroatoms. The predicted molar refractivity (Wildman–Crippen MR) is 52.0 cm³/mol. The van der Waals surface area contributed by atoms with E-state index in [0.717, 1.165) is 12.5 Å². The van der Waals surface area contributed by atoms with E-state index in [4.69, 9.17) is 14.8 Å². The summed E-state index contributed by atoms with van der Waals surface area (Å²) in [7, 11) is -1.84. The fourth-order valence-electron chi connectivity index (χ4n) is 1.11. The predicted octanol–water partition coefficient (Wildman–Crippen LogP) is 0.294. The first-order valence-corrected chi connectivity index (χ1v) is 4.44. The Morgan fingerprint density at radius 1 is 1.43 bits per heavy atom. The van der Waals surface area contributed by atoms with E-state index in [-0.39, 0.29) is 11.2 Å². The molecule has 1 aromatic rings. The highest BCUT2D eigenvalue weighted by molar-refractivity contribution is 6.59. The van der Waals surface area contributed by atoms with Crippen LogP contribution in [0.3, 0.4) is 0 Å². The molecular weight excluding hydrogens is 186 g/mol. The quantitative estimate of drug-likeness (QED) is 0.683. The number of rotatable bonds is 4. The van der Waals surface area contributed by atoms with E-state index in [0.29, 0.717) is 6.61 Å². The maximum atomic E-state index is 13.1. The van der Waals surface area contributed by atoms with Gasteiger partial charge in [-0.15, -0.1) is 0 Å². The molecule has 0 atom stereocenters. The number of halogens is 1. The Kier molecular flexibility index (Phi) is 3.91. The van der Waals surface area contributed by atoms with Gasteiger partial charge in [-0.05, 0) is 18.6 Å². The Morgan fingerprint density at radius 3 is 2.71 bits per heavy atom. The van der Waals surface area contributed by atoms with Gasteiger partial charge in [-0.25, -0.2) is 4.39 Å². The van der Waals surface area contributed by atoms with Crippen LogP contribution < -0.4 is 10.2 Å². The standard InChI is InChI=1S/C9H12BFO3/c1-2-6-14-8-5-3-4-7(11)9(8)10(12)13/h3-5,12-13H,2,6H2,1H3. The zero-order chi connectivity index (χ0) is 10.6. The van der Waals surface area contributed by atoms with Crippen molar-refractivity contribution in [1.82, 2.24) is 0 Å². The highest BCUT2D eigenvalue weighted by Crippen LogP contribution is 2.10. The van der Waals surface area contributed by atoms with Crippen LogP contribution in [0.25, 0.3) is 0 Å². The lowest BCUT2D eigenvalue weighted by Gasteiger charge is -2.10. The lowest BCUT2D eigenvalue weighted by Crippen LogP contribution is -2.34. The summed E-state index contributed by atoms with van der Waals surface area (Å²) in [5.74, 6) is -0.490. The van der Waals surface area contributed by atoms with Crippen LogP contribution in [0.5, 0.6) is 5.75 Å². The highest BCUT2D eigenvalue weighted by atomic mass is 19.1. The summed E-state index contributed by atoms with van der Waals surface area (Å²) in [5.41, 5.74) is -0.207. The SMILES string of the molecule is CCCOc1cccc(F)c1B(O)O. The van der Waals surface area contributed by atoms with Crippen LogP contribution in [0.2, 0.25) is 0 Å². The molecule has 2 N–H and O–H groups in total. The van der Waals surface area contributed by atoms with Gasteiger partial charge in [0.15, 0.2) is 0 Å². The molecule has 0 fully saturated rings. The molecule has 0 saturated heterocycles. The summed E-state index contributed by atoms with van der Waals surface area (Å²) in [6.45, 7) is 2.33. The maximum Gasteiger partial charge on any atom is 0.495 e. The summed E-state index contributed by atoms with van der Waals surface area (Å²) in [6.07, 6.45) is 0.775. The fraction of sp³-hybridized carbons (Fsp3) is 0.333. The molecule has 76 valence electrons. The minimum Gasteiger partial charge on any atom is -0.494 e. The van der Waals surface area contributed by atoms with Gasteiger partial charge in [-0.1, -0.05) is 13.0 Å². The summed E-state index contributed by atoms with van der Waals surface area (Å²) >= 11 is 0. The van der Waals surface area contributed by atoms with E-state index in [2.05, 4.69) is 0 Å². The third-order valence-electron chi connectivity index (χ3n) is 1.73. The van der Waals surface area contributed by atoms with Crippen LogP contribution in [-0.4, -0.2) is 23.8 Å². The van der Waals surface area contributed by atoms with E-state index < -0.39 is 12.9 Å². The van der Waals surface area contributed by atoms with Crippen molar-refractivity contribution in [1.29, 1.82) is 0 Å². The molecule has 14 heavy (non-hydrogen) atoms. The van der Waals surface area contributed by atoms with Gasteiger partial charge in [0.2, 0.25) is 0 Å². The average Bonchev–Trinajstić information content (AvgIpc) is 2.14.